The van der Waals surface area contributed by atoms with E-state index in [2.05, 4.69) is 5.32 Å². The highest BCUT2D eigenvalue weighted by molar-refractivity contribution is 6.67. The summed E-state index contributed by atoms with van der Waals surface area (Å²) in [6.07, 6.45) is 0. The normalized spacial score (nSPS) is 30.8. The minimum Gasteiger partial charge on any atom is -0.322 e. The fraction of sp³-hybridized carbons (Fsp3) is 0.292. The lowest BCUT2D eigenvalue weighted by atomic mass is 9.84. The molecule has 1 aliphatic heterocycles. The smallest absolute Gasteiger partial charge is 0.257 e. The van der Waals surface area contributed by atoms with E-state index in [0.717, 1.165) is 16.0 Å². The van der Waals surface area contributed by atoms with Gasteiger partial charge in [0.1, 0.15) is 9.75 Å². The number of halogens is 6. The predicted molar refractivity (Wildman–Crippen MR) is 140 cm³/mol. The number of rotatable bonds is 3. The van der Waals surface area contributed by atoms with E-state index in [9.17, 15) is 14.4 Å². The number of hydrogen-bond donors (Lipinski definition) is 1. The standard InChI is InChI=1S/C24H16Cl6N2O3/c1-10-7-8-12(9-11(10)2)31-19(33)13-5-3-4-6-14(13)32-20(34)15-16(21(32)35)23(28)18(26)17(25)22(15,27)24(23,29)30/h3-9,15-16H,1-2H3,(H,31,33)/t15-,16-,22+,23+/m0/s1. The average molecular weight is 593 g/mol. The number of fused-ring (bicyclic) bond motifs is 5. The number of benzene rings is 2. The minimum absolute atomic E-state index is 0.0696. The van der Waals surface area contributed by atoms with E-state index in [-0.39, 0.29) is 21.3 Å². The lowest BCUT2D eigenvalue weighted by Crippen LogP contribution is -2.50. The maximum absolute atomic E-state index is 13.7. The van der Waals surface area contributed by atoms with Crippen LogP contribution >= 0.6 is 69.6 Å². The van der Waals surface area contributed by atoms with Crippen molar-refractivity contribution in [3.8, 4) is 0 Å². The van der Waals surface area contributed by atoms with Crippen molar-refractivity contribution in [2.75, 3.05) is 10.2 Å². The second-order valence-electron chi connectivity index (χ2n) is 8.86. The van der Waals surface area contributed by atoms with E-state index in [4.69, 9.17) is 69.6 Å². The molecule has 2 aromatic carbocycles. The Hall–Kier alpha value is -1.47. The zero-order chi connectivity index (χ0) is 25.7. The highest BCUT2D eigenvalue weighted by Gasteiger charge is 2.87. The summed E-state index contributed by atoms with van der Waals surface area (Å²) < 4.78 is -2.02. The molecule has 2 aliphatic carbocycles. The van der Waals surface area contributed by atoms with Crippen molar-refractivity contribution in [1.29, 1.82) is 0 Å². The van der Waals surface area contributed by atoms with Gasteiger partial charge in [0.25, 0.3) is 5.91 Å². The molecule has 2 bridgehead atoms. The molecule has 5 rings (SSSR count). The number of carbonyl (C=O) groups is 3. The summed E-state index contributed by atoms with van der Waals surface area (Å²) in [4.78, 5) is 37.6. The molecule has 0 spiro atoms. The summed E-state index contributed by atoms with van der Waals surface area (Å²) in [5, 5.41) is 2.46. The summed E-state index contributed by atoms with van der Waals surface area (Å²) in [7, 11) is 0. The van der Waals surface area contributed by atoms with E-state index in [0.29, 0.717) is 5.69 Å². The van der Waals surface area contributed by atoms with Gasteiger partial charge in [-0.1, -0.05) is 64.6 Å². The van der Waals surface area contributed by atoms with Crippen LogP contribution in [0.1, 0.15) is 21.5 Å². The van der Waals surface area contributed by atoms with E-state index in [1.807, 2.05) is 26.0 Å². The molecule has 1 N–H and O–H groups in total. The van der Waals surface area contributed by atoms with Crippen LogP contribution in [0, 0.1) is 25.7 Å². The molecular formula is C24H16Cl6N2O3. The highest BCUT2D eigenvalue weighted by atomic mass is 35.5. The Kier molecular flexibility index (Phi) is 5.77. The number of nitrogens with zero attached hydrogens (tertiary/aromatic N) is 1. The molecule has 2 fully saturated rings. The summed E-state index contributed by atoms with van der Waals surface area (Å²) in [5.41, 5.74) is 2.80. The number of carbonyl (C=O) groups excluding carboxylic acids is 3. The molecule has 0 aromatic heterocycles. The summed E-state index contributed by atoms with van der Waals surface area (Å²) >= 11 is 39.3. The number of amides is 3. The maximum Gasteiger partial charge on any atom is 0.257 e. The Bertz CT molecular complexity index is 1330. The van der Waals surface area contributed by atoms with Crippen LogP contribution < -0.4 is 10.2 Å². The van der Waals surface area contributed by atoms with Crippen molar-refractivity contribution < 1.29 is 14.4 Å². The molecule has 1 saturated carbocycles. The summed E-state index contributed by atoms with van der Waals surface area (Å²) in [6, 6.07) is 11.7. The van der Waals surface area contributed by atoms with Gasteiger partial charge in [-0.15, -0.1) is 23.2 Å². The summed E-state index contributed by atoms with van der Waals surface area (Å²) in [6.45, 7) is 3.89. The monoisotopic (exact) mass is 590 g/mol. The molecule has 11 heteroatoms. The van der Waals surface area contributed by atoms with Crippen LogP contribution in [0.5, 0.6) is 0 Å². The van der Waals surface area contributed by atoms with Gasteiger partial charge in [0.05, 0.1) is 33.2 Å². The van der Waals surface area contributed by atoms with Crippen LogP contribution in [-0.2, 0) is 9.59 Å². The molecule has 1 saturated heterocycles. The van der Waals surface area contributed by atoms with Gasteiger partial charge >= 0.3 is 0 Å². The van der Waals surface area contributed by atoms with Crippen LogP contribution in [0.15, 0.2) is 52.5 Å². The number of aryl methyl sites for hydroxylation is 2. The molecule has 35 heavy (non-hydrogen) atoms. The van der Waals surface area contributed by atoms with Gasteiger partial charge < -0.3 is 5.32 Å². The zero-order valence-electron chi connectivity index (χ0n) is 18.1. The minimum atomic E-state index is -2.02. The molecule has 3 aliphatic rings. The first-order valence-corrected chi connectivity index (χ1v) is 12.7. The van der Waals surface area contributed by atoms with Crippen molar-refractivity contribution >= 4 is 98.7 Å². The Balaban J connectivity index is 1.56. The number of allylic oxidation sites excluding steroid dienone is 2. The van der Waals surface area contributed by atoms with Gasteiger partial charge in [-0.25, -0.2) is 4.90 Å². The van der Waals surface area contributed by atoms with Crippen LogP contribution in [0.25, 0.3) is 0 Å². The zero-order valence-corrected chi connectivity index (χ0v) is 22.7. The molecule has 4 atom stereocenters. The SMILES string of the molecule is Cc1ccc(NC(=O)c2ccccc2N2C(=O)[C@@H]3[C@@H](C2=O)[C@@]2(Cl)C(Cl)=C(Cl)[C@@]3(Cl)C2(Cl)Cl)cc1C. The first-order chi connectivity index (χ1) is 16.3. The molecule has 2 aromatic rings. The number of para-hydroxylation sites is 1. The molecule has 5 nitrogen and oxygen atoms in total. The van der Waals surface area contributed by atoms with Gasteiger partial charge in [0.15, 0.2) is 4.33 Å². The van der Waals surface area contributed by atoms with Crippen LogP contribution in [0.3, 0.4) is 0 Å². The van der Waals surface area contributed by atoms with Crippen molar-refractivity contribution in [3.05, 3.63) is 69.2 Å². The predicted octanol–water partition coefficient (Wildman–Crippen LogP) is 6.51. The van der Waals surface area contributed by atoms with Gasteiger partial charge in [0.2, 0.25) is 11.8 Å². The van der Waals surface area contributed by atoms with E-state index < -0.39 is 43.6 Å². The van der Waals surface area contributed by atoms with Crippen molar-refractivity contribution in [2.45, 2.75) is 27.9 Å². The van der Waals surface area contributed by atoms with Crippen LogP contribution in [0.4, 0.5) is 11.4 Å². The Morgan fingerprint density at radius 2 is 1.40 bits per heavy atom. The topological polar surface area (TPSA) is 66.5 Å². The average Bonchev–Trinajstić information content (AvgIpc) is 3.20. The van der Waals surface area contributed by atoms with E-state index in [1.54, 1.807) is 18.2 Å². The number of hydrogen-bond acceptors (Lipinski definition) is 3. The molecule has 1 heterocycles. The van der Waals surface area contributed by atoms with Gasteiger partial charge in [-0.3, -0.25) is 14.4 Å². The lowest BCUT2D eigenvalue weighted by molar-refractivity contribution is -0.123. The maximum atomic E-state index is 13.7. The Labute approximate surface area is 231 Å². The largest absolute Gasteiger partial charge is 0.322 e. The van der Waals surface area contributed by atoms with Gasteiger partial charge in [-0.2, -0.15) is 0 Å². The van der Waals surface area contributed by atoms with Crippen LogP contribution in [0.2, 0.25) is 0 Å². The number of alkyl halides is 4. The van der Waals surface area contributed by atoms with Crippen LogP contribution in [-0.4, -0.2) is 31.8 Å². The number of anilines is 2. The Morgan fingerprint density at radius 3 is 1.94 bits per heavy atom. The summed E-state index contributed by atoms with van der Waals surface area (Å²) in [5.74, 6) is -4.53. The van der Waals surface area contributed by atoms with Crippen molar-refractivity contribution in [1.82, 2.24) is 0 Å². The first-order valence-electron chi connectivity index (χ1n) is 10.5. The number of nitrogens with one attached hydrogen (secondary N) is 1. The van der Waals surface area contributed by atoms with E-state index in [1.165, 1.54) is 12.1 Å². The highest BCUT2D eigenvalue weighted by Crippen LogP contribution is 2.77. The quantitative estimate of drug-likeness (QED) is 0.326. The fourth-order valence-electron chi connectivity index (χ4n) is 5.11. The van der Waals surface area contributed by atoms with Gasteiger partial charge in [0, 0.05) is 5.69 Å². The lowest BCUT2D eigenvalue weighted by Gasteiger charge is -2.34. The van der Waals surface area contributed by atoms with Crippen molar-refractivity contribution in [3.63, 3.8) is 0 Å². The third-order valence-electron chi connectivity index (χ3n) is 7.06. The third-order valence-corrected chi connectivity index (χ3v) is 11.3. The first kappa shape index (κ1) is 25.2. The second kappa shape index (κ2) is 8.01. The molecule has 182 valence electrons. The molecule has 0 unspecified atom stereocenters. The number of imide groups is 1. The second-order valence-corrected chi connectivity index (χ2v) is 12.1. The third kappa shape index (κ3) is 3.00. The van der Waals surface area contributed by atoms with Crippen molar-refractivity contribution in [2.24, 2.45) is 11.8 Å². The fourth-order valence-corrected chi connectivity index (χ4v) is 8.04. The van der Waals surface area contributed by atoms with E-state index >= 15 is 0 Å². The molecule has 0 radical (unpaired) electrons. The molecule has 3 amide bonds. The Morgan fingerprint density at radius 1 is 0.857 bits per heavy atom. The van der Waals surface area contributed by atoms with Gasteiger partial charge in [-0.05, 0) is 49.2 Å². The molecular weight excluding hydrogens is 577 g/mol.